The summed E-state index contributed by atoms with van der Waals surface area (Å²) >= 11 is 5.92. The maximum absolute atomic E-state index is 13.6. The molecule has 0 bridgehead atoms. The molecule has 2 unspecified atom stereocenters. The fourth-order valence-electron chi connectivity index (χ4n) is 3.27. The Morgan fingerprint density at radius 1 is 1.28 bits per heavy atom. The Kier molecular flexibility index (Phi) is 5.31. The molecule has 5 nitrogen and oxygen atoms in total. The van der Waals surface area contributed by atoms with Gasteiger partial charge in [-0.3, -0.25) is 4.79 Å². The molecule has 0 spiro atoms. The van der Waals surface area contributed by atoms with Crippen molar-refractivity contribution in [2.75, 3.05) is 24.7 Å². The average molecular weight is 394 g/mol. The molecule has 9 heteroatoms. The van der Waals surface area contributed by atoms with E-state index in [-0.39, 0.29) is 34.7 Å². The number of ether oxygens (including phenoxy) is 1. The fraction of sp³-hybridized carbons (Fsp3) is 0.562. The van der Waals surface area contributed by atoms with Gasteiger partial charge in [0, 0.05) is 19.2 Å². The van der Waals surface area contributed by atoms with Gasteiger partial charge in [-0.2, -0.15) is 0 Å². The quantitative estimate of drug-likeness (QED) is 0.737. The van der Waals surface area contributed by atoms with Gasteiger partial charge in [-0.25, -0.2) is 17.2 Å². The van der Waals surface area contributed by atoms with Crippen LogP contribution in [0.1, 0.15) is 29.6 Å². The molecular formula is C16H18ClF2NO4S. The SMILES string of the molecule is O=C(c1cc(F)c(F)cc1Cl)N(CC1CCCO1)C1CCS(=O)(=O)C1. The van der Waals surface area contributed by atoms with Crippen LogP contribution in [0.4, 0.5) is 8.78 Å². The number of sulfone groups is 1. The first kappa shape index (κ1) is 18.5. The van der Waals surface area contributed by atoms with E-state index in [1.807, 2.05) is 0 Å². The van der Waals surface area contributed by atoms with Crippen LogP contribution in [0, 0.1) is 11.6 Å². The number of rotatable bonds is 4. The number of carbonyl (C=O) groups is 1. The summed E-state index contributed by atoms with van der Waals surface area (Å²) in [5.41, 5.74) is -0.178. The summed E-state index contributed by atoms with van der Waals surface area (Å²) in [6.45, 7) is 0.788. The molecule has 0 radical (unpaired) electrons. The molecule has 1 aromatic carbocycles. The molecule has 2 saturated heterocycles. The first-order chi connectivity index (χ1) is 11.8. The summed E-state index contributed by atoms with van der Waals surface area (Å²) in [6.07, 6.45) is 1.73. The highest BCUT2D eigenvalue weighted by Gasteiger charge is 2.37. The Morgan fingerprint density at radius 3 is 2.60 bits per heavy atom. The smallest absolute Gasteiger partial charge is 0.255 e. The molecule has 3 rings (SSSR count). The topological polar surface area (TPSA) is 63.7 Å². The van der Waals surface area contributed by atoms with Gasteiger partial charge in [-0.15, -0.1) is 0 Å². The second kappa shape index (κ2) is 7.17. The molecule has 138 valence electrons. The zero-order valence-corrected chi connectivity index (χ0v) is 15.0. The molecule has 2 aliphatic rings. The van der Waals surface area contributed by atoms with Crippen LogP contribution in [0.5, 0.6) is 0 Å². The van der Waals surface area contributed by atoms with Gasteiger partial charge in [0.2, 0.25) is 0 Å². The van der Waals surface area contributed by atoms with Gasteiger partial charge in [0.15, 0.2) is 21.5 Å². The summed E-state index contributed by atoms with van der Waals surface area (Å²) in [4.78, 5) is 14.3. The molecule has 2 atom stereocenters. The lowest BCUT2D eigenvalue weighted by molar-refractivity contribution is 0.0441. The van der Waals surface area contributed by atoms with Gasteiger partial charge in [-0.1, -0.05) is 11.6 Å². The molecule has 25 heavy (non-hydrogen) atoms. The van der Waals surface area contributed by atoms with E-state index in [2.05, 4.69) is 0 Å². The van der Waals surface area contributed by atoms with E-state index >= 15 is 0 Å². The highest BCUT2D eigenvalue weighted by molar-refractivity contribution is 7.91. The number of halogens is 3. The molecule has 1 aromatic rings. The maximum Gasteiger partial charge on any atom is 0.255 e. The van der Waals surface area contributed by atoms with E-state index in [1.165, 1.54) is 4.90 Å². The van der Waals surface area contributed by atoms with Crippen LogP contribution in [0.15, 0.2) is 12.1 Å². The Bertz CT molecular complexity index is 781. The van der Waals surface area contributed by atoms with Crippen LogP contribution in [-0.2, 0) is 14.6 Å². The molecule has 2 heterocycles. The third kappa shape index (κ3) is 4.12. The summed E-state index contributed by atoms with van der Waals surface area (Å²) in [5.74, 6) is -3.08. The third-order valence-electron chi connectivity index (χ3n) is 4.57. The van der Waals surface area contributed by atoms with E-state index in [9.17, 15) is 22.0 Å². The number of hydrogen-bond donors (Lipinski definition) is 0. The molecule has 0 aliphatic carbocycles. The van der Waals surface area contributed by atoms with Gasteiger partial charge >= 0.3 is 0 Å². The normalized spacial score (nSPS) is 25.2. The van der Waals surface area contributed by atoms with Crippen molar-refractivity contribution >= 4 is 27.3 Å². The number of hydrogen-bond acceptors (Lipinski definition) is 4. The zero-order valence-electron chi connectivity index (χ0n) is 13.4. The number of carbonyl (C=O) groups excluding carboxylic acids is 1. The van der Waals surface area contributed by atoms with Crippen molar-refractivity contribution in [3.63, 3.8) is 0 Å². The molecule has 1 amide bonds. The monoisotopic (exact) mass is 393 g/mol. The molecule has 0 saturated carbocycles. The Balaban J connectivity index is 1.90. The van der Waals surface area contributed by atoms with Crippen LogP contribution in [0.25, 0.3) is 0 Å². The third-order valence-corrected chi connectivity index (χ3v) is 6.64. The van der Waals surface area contributed by atoms with Gasteiger partial charge in [0.1, 0.15) is 0 Å². The maximum atomic E-state index is 13.6. The van der Waals surface area contributed by atoms with Gasteiger partial charge in [0.05, 0.1) is 28.2 Å². The van der Waals surface area contributed by atoms with Gasteiger partial charge < -0.3 is 9.64 Å². The van der Waals surface area contributed by atoms with Crippen molar-refractivity contribution in [2.45, 2.75) is 31.4 Å². The molecule has 0 aromatic heterocycles. The largest absolute Gasteiger partial charge is 0.376 e. The van der Waals surface area contributed by atoms with Crippen LogP contribution < -0.4 is 0 Å². The lowest BCUT2D eigenvalue weighted by Crippen LogP contribution is -2.45. The van der Waals surface area contributed by atoms with Crippen molar-refractivity contribution in [3.8, 4) is 0 Å². The lowest BCUT2D eigenvalue weighted by Gasteiger charge is -2.30. The predicted molar refractivity (Wildman–Crippen MR) is 88.4 cm³/mol. The first-order valence-corrected chi connectivity index (χ1v) is 10.2. The first-order valence-electron chi connectivity index (χ1n) is 8.04. The van der Waals surface area contributed by atoms with Crippen molar-refractivity contribution in [1.29, 1.82) is 0 Å². The van der Waals surface area contributed by atoms with Crippen molar-refractivity contribution < 1.29 is 26.7 Å². The van der Waals surface area contributed by atoms with Crippen LogP contribution in [-0.4, -0.2) is 56.0 Å². The minimum absolute atomic E-state index is 0.00151. The van der Waals surface area contributed by atoms with Crippen LogP contribution in [0.3, 0.4) is 0 Å². The Morgan fingerprint density at radius 2 is 2.00 bits per heavy atom. The van der Waals surface area contributed by atoms with Crippen LogP contribution >= 0.6 is 11.6 Å². The van der Waals surface area contributed by atoms with Gasteiger partial charge in [0.25, 0.3) is 5.91 Å². The molecule has 2 fully saturated rings. The highest BCUT2D eigenvalue weighted by atomic mass is 35.5. The molecular weight excluding hydrogens is 376 g/mol. The highest BCUT2D eigenvalue weighted by Crippen LogP contribution is 2.27. The average Bonchev–Trinajstić information content (AvgIpc) is 3.17. The van der Waals surface area contributed by atoms with Gasteiger partial charge in [-0.05, 0) is 31.4 Å². The van der Waals surface area contributed by atoms with E-state index in [0.717, 1.165) is 25.0 Å². The summed E-state index contributed by atoms with van der Waals surface area (Å²) in [5, 5.41) is -0.206. The predicted octanol–water partition coefficient (Wildman–Crippen LogP) is 2.43. The zero-order chi connectivity index (χ0) is 18.2. The van der Waals surface area contributed by atoms with Crippen LogP contribution in [0.2, 0.25) is 5.02 Å². The number of amides is 1. The Labute approximate surface area is 149 Å². The second-order valence-corrected chi connectivity index (χ2v) is 9.03. The summed E-state index contributed by atoms with van der Waals surface area (Å²) < 4.78 is 56.0. The van der Waals surface area contributed by atoms with E-state index < -0.39 is 33.4 Å². The fourth-order valence-corrected chi connectivity index (χ4v) is 5.23. The number of nitrogens with zero attached hydrogens (tertiary/aromatic N) is 1. The summed E-state index contributed by atoms with van der Waals surface area (Å²) in [6, 6.07) is 0.983. The second-order valence-electron chi connectivity index (χ2n) is 6.40. The van der Waals surface area contributed by atoms with Crippen molar-refractivity contribution in [3.05, 3.63) is 34.4 Å². The van der Waals surface area contributed by atoms with Crippen molar-refractivity contribution in [2.24, 2.45) is 0 Å². The lowest BCUT2D eigenvalue weighted by atomic mass is 10.1. The van der Waals surface area contributed by atoms with E-state index in [1.54, 1.807) is 0 Å². The molecule has 2 aliphatic heterocycles. The minimum atomic E-state index is -3.22. The van der Waals surface area contributed by atoms with E-state index in [4.69, 9.17) is 16.3 Å². The Hall–Kier alpha value is -1.25. The van der Waals surface area contributed by atoms with Crippen molar-refractivity contribution in [1.82, 2.24) is 4.90 Å². The summed E-state index contributed by atoms with van der Waals surface area (Å²) in [7, 11) is -3.22. The minimum Gasteiger partial charge on any atom is -0.376 e. The molecule has 0 N–H and O–H groups in total. The standard InChI is InChI=1S/C16H18ClF2NO4S/c17-13-7-15(19)14(18)6-12(13)16(21)20(8-11-2-1-4-24-11)10-3-5-25(22,23)9-10/h6-7,10-11H,1-5,8-9H2. The number of benzene rings is 1. The van der Waals surface area contributed by atoms with E-state index in [0.29, 0.717) is 13.0 Å².